The first-order valence-corrected chi connectivity index (χ1v) is 10.4. The van der Waals surface area contributed by atoms with E-state index in [9.17, 15) is 14.9 Å². The Labute approximate surface area is 192 Å². The summed E-state index contributed by atoms with van der Waals surface area (Å²) in [6, 6.07) is 7.61. The average Bonchev–Trinajstić information content (AvgIpc) is 2.98. The average molecular weight is 625 g/mol. The molecule has 1 aliphatic rings. The number of hydrogen-bond donors (Lipinski definition) is 0. The molecule has 0 fully saturated rings. The second kappa shape index (κ2) is 8.74. The van der Waals surface area contributed by atoms with Crippen molar-refractivity contribution in [3.63, 3.8) is 0 Å². The molecule has 0 spiro atoms. The molecule has 28 heavy (non-hydrogen) atoms. The molecule has 0 aliphatic carbocycles. The fourth-order valence-electron chi connectivity index (χ4n) is 2.42. The smallest absolute Gasteiger partial charge is 0.363 e. The van der Waals surface area contributed by atoms with Crippen LogP contribution in [0.15, 0.2) is 41.0 Å². The molecular formula is C18H11ClI2N2O5. The first kappa shape index (κ1) is 21.0. The van der Waals surface area contributed by atoms with Gasteiger partial charge in [-0.1, -0.05) is 11.6 Å². The normalized spacial score (nSPS) is 14.8. The molecule has 0 bridgehead atoms. The minimum Gasteiger partial charge on any atom is -0.492 e. The highest BCUT2D eigenvalue weighted by Crippen LogP contribution is 2.31. The topological polar surface area (TPSA) is 91.0 Å². The fourth-order valence-corrected chi connectivity index (χ4v) is 4.80. The van der Waals surface area contributed by atoms with Crippen molar-refractivity contribution in [2.75, 3.05) is 6.61 Å². The van der Waals surface area contributed by atoms with Crippen molar-refractivity contribution in [1.82, 2.24) is 0 Å². The number of nitrogens with zero attached hydrogens (tertiary/aromatic N) is 2. The van der Waals surface area contributed by atoms with E-state index in [4.69, 9.17) is 21.1 Å². The maximum absolute atomic E-state index is 12.2. The molecule has 1 aliphatic heterocycles. The minimum absolute atomic E-state index is 0.00600. The third-order valence-corrected chi connectivity index (χ3v) is 5.54. The van der Waals surface area contributed by atoms with Gasteiger partial charge in [-0.3, -0.25) is 10.1 Å². The molecule has 0 saturated carbocycles. The Morgan fingerprint density at radius 2 is 1.96 bits per heavy atom. The molecule has 10 heteroatoms. The Hall–Kier alpha value is -1.73. The van der Waals surface area contributed by atoms with Gasteiger partial charge in [-0.25, -0.2) is 9.79 Å². The molecular weight excluding hydrogens is 613 g/mol. The molecule has 2 aromatic carbocycles. The van der Waals surface area contributed by atoms with Gasteiger partial charge in [-0.15, -0.1) is 0 Å². The van der Waals surface area contributed by atoms with Crippen LogP contribution in [-0.4, -0.2) is 23.4 Å². The monoisotopic (exact) mass is 624 g/mol. The van der Waals surface area contributed by atoms with Gasteiger partial charge in [0.05, 0.1) is 29.3 Å². The molecule has 0 aromatic heterocycles. The maximum atomic E-state index is 12.2. The lowest BCUT2D eigenvalue weighted by molar-refractivity contribution is -0.384. The van der Waals surface area contributed by atoms with Crippen molar-refractivity contribution < 1.29 is 19.2 Å². The summed E-state index contributed by atoms with van der Waals surface area (Å²) in [5.41, 5.74) is 1.03. The summed E-state index contributed by atoms with van der Waals surface area (Å²) < 4.78 is 12.6. The van der Waals surface area contributed by atoms with Crippen molar-refractivity contribution in [3.8, 4) is 5.75 Å². The Morgan fingerprint density at radius 3 is 2.54 bits per heavy atom. The van der Waals surface area contributed by atoms with Crippen molar-refractivity contribution in [2.45, 2.75) is 6.92 Å². The summed E-state index contributed by atoms with van der Waals surface area (Å²) >= 11 is 10.4. The molecule has 0 N–H and O–H groups in total. The highest BCUT2D eigenvalue weighted by atomic mass is 127. The standard InChI is InChI=1S/C18H11ClI2N2O5/c1-2-27-16-13(20)5-9(6-14(16)21)7-15-18(24)28-17(22-15)11-4-3-10(23(25)26)8-12(11)19/h3-8H,2H2,1H3/b15-7-. The van der Waals surface area contributed by atoms with Crippen LogP contribution in [0.3, 0.4) is 0 Å². The molecule has 7 nitrogen and oxygen atoms in total. The van der Waals surface area contributed by atoms with Crippen LogP contribution >= 0.6 is 56.8 Å². The molecule has 0 unspecified atom stereocenters. The van der Waals surface area contributed by atoms with Crippen molar-refractivity contribution in [2.24, 2.45) is 4.99 Å². The first-order chi connectivity index (χ1) is 13.3. The van der Waals surface area contributed by atoms with Gasteiger partial charge in [0.25, 0.3) is 5.69 Å². The van der Waals surface area contributed by atoms with E-state index < -0.39 is 10.9 Å². The van der Waals surface area contributed by atoms with Gasteiger partial charge >= 0.3 is 5.97 Å². The third kappa shape index (κ3) is 4.46. The van der Waals surface area contributed by atoms with E-state index in [2.05, 4.69) is 50.2 Å². The number of halogens is 3. The van der Waals surface area contributed by atoms with Crippen molar-refractivity contribution in [1.29, 1.82) is 0 Å². The maximum Gasteiger partial charge on any atom is 0.363 e. The molecule has 3 rings (SSSR count). The van der Waals surface area contributed by atoms with E-state index in [0.717, 1.165) is 18.5 Å². The van der Waals surface area contributed by atoms with Crippen LogP contribution in [0.25, 0.3) is 6.08 Å². The van der Waals surface area contributed by atoms with Crippen LogP contribution in [-0.2, 0) is 9.53 Å². The van der Waals surface area contributed by atoms with Crippen LogP contribution in [0.5, 0.6) is 5.75 Å². The number of nitro groups is 1. The zero-order chi connectivity index (χ0) is 20.4. The van der Waals surface area contributed by atoms with Gasteiger partial charge in [0, 0.05) is 12.1 Å². The van der Waals surface area contributed by atoms with E-state index >= 15 is 0 Å². The number of aliphatic imine (C=N–C) groups is 1. The Balaban J connectivity index is 1.95. The van der Waals surface area contributed by atoms with E-state index in [-0.39, 0.29) is 22.3 Å². The number of non-ortho nitro benzene ring substituents is 1. The van der Waals surface area contributed by atoms with Gasteiger partial charge in [-0.05, 0) is 81.9 Å². The zero-order valence-corrected chi connectivity index (χ0v) is 19.3. The van der Waals surface area contributed by atoms with Crippen LogP contribution in [0.2, 0.25) is 5.02 Å². The number of rotatable bonds is 5. The first-order valence-electron chi connectivity index (χ1n) is 7.89. The molecule has 0 amide bonds. The Morgan fingerprint density at radius 1 is 1.29 bits per heavy atom. The molecule has 0 atom stereocenters. The number of cyclic esters (lactones) is 1. The fraction of sp³-hybridized carbons (Fsp3) is 0.111. The highest BCUT2D eigenvalue weighted by molar-refractivity contribution is 14.1. The number of benzene rings is 2. The summed E-state index contributed by atoms with van der Waals surface area (Å²) in [5, 5.41) is 10.9. The lowest BCUT2D eigenvalue weighted by Gasteiger charge is -2.09. The van der Waals surface area contributed by atoms with Crippen LogP contribution in [0.4, 0.5) is 5.69 Å². The van der Waals surface area contributed by atoms with Gasteiger partial charge in [-0.2, -0.15) is 0 Å². The van der Waals surface area contributed by atoms with Crippen LogP contribution < -0.4 is 4.74 Å². The summed E-state index contributed by atoms with van der Waals surface area (Å²) in [6.07, 6.45) is 1.61. The molecule has 2 aromatic rings. The van der Waals surface area contributed by atoms with E-state index in [1.54, 1.807) is 6.08 Å². The quantitative estimate of drug-likeness (QED) is 0.150. The summed E-state index contributed by atoms with van der Waals surface area (Å²) in [5.74, 6) is 0.177. The number of hydrogen-bond acceptors (Lipinski definition) is 6. The Bertz CT molecular complexity index is 1030. The summed E-state index contributed by atoms with van der Waals surface area (Å²) in [4.78, 5) is 26.7. The predicted octanol–water partition coefficient (Wildman–Crippen LogP) is 5.20. The van der Waals surface area contributed by atoms with Crippen molar-refractivity contribution in [3.05, 3.63) is 69.4 Å². The molecule has 0 saturated heterocycles. The van der Waals surface area contributed by atoms with Crippen LogP contribution in [0, 0.1) is 17.3 Å². The Kier molecular flexibility index (Phi) is 6.55. The highest BCUT2D eigenvalue weighted by Gasteiger charge is 2.26. The lowest BCUT2D eigenvalue weighted by Crippen LogP contribution is -2.06. The molecule has 0 radical (unpaired) electrons. The predicted molar refractivity (Wildman–Crippen MR) is 122 cm³/mol. The zero-order valence-electron chi connectivity index (χ0n) is 14.2. The second-order valence-corrected chi connectivity index (χ2v) is 8.24. The van der Waals surface area contributed by atoms with E-state index in [0.29, 0.717) is 12.2 Å². The number of carbonyl (C=O) groups excluding carboxylic acids is 1. The molecule has 144 valence electrons. The summed E-state index contributed by atoms with van der Waals surface area (Å²) in [7, 11) is 0. The van der Waals surface area contributed by atoms with Gasteiger partial charge < -0.3 is 9.47 Å². The van der Waals surface area contributed by atoms with Gasteiger partial charge in [0.2, 0.25) is 5.90 Å². The summed E-state index contributed by atoms with van der Waals surface area (Å²) in [6.45, 7) is 2.47. The second-order valence-electron chi connectivity index (χ2n) is 5.50. The largest absolute Gasteiger partial charge is 0.492 e. The molecule has 1 heterocycles. The van der Waals surface area contributed by atoms with Gasteiger partial charge in [0.15, 0.2) is 5.70 Å². The van der Waals surface area contributed by atoms with Crippen LogP contribution in [0.1, 0.15) is 18.1 Å². The van der Waals surface area contributed by atoms with Crippen molar-refractivity contribution >= 4 is 80.4 Å². The number of ether oxygens (including phenoxy) is 2. The SMILES string of the molecule is CCOc1c(I)cc(/C=C2\N=C(c3ccc([N+](=O)[O-])cc3Cl)OC2=O)cc1I. The lowest BCUT2D eigenvalue weighted by atomic mass is 10.2. The number of nitro benzene ring substituents is 1. The number of esters is 1. The minimum atomic E-state index is -0.622. The van der Waals surface area contributed by atoms with E-state index in [1.165, 1.54) is 18.2 Å². The third-order valence-electron chi connectivity index (χ3n) is 3.63. The van der Waals surface area contributed by atoms with Gasteiger partial charge in [0.1, 0.15) is 5.75 Å². The van der Waals surface area contributed by atoms with E-state index in [1.807, 2.05) is 19.1 Å². The number of carbonyl (C=O) groups is 1.